The normalized spacial score (nSPS) is 19.1. The lowest BCUT2D eigenvalue weighted by Crippen LogP contribution is -2.29. The highest BCUT2D eigenvalue weighted by Gasteiger charge is 2.36. The van der Waals surface area contributed by atoms with E-state index in [4.69, 9.17) is 19.2 Å². The molecule has 2 atom stereocenters. The van der Waals surface area contributed by atoms with Crippen LogP contribution in [0.1, 0.15) is 66.1 Å². The largest absolute Gasteiger partial charge is 0.493 e. The van der Waals surface area contributed by atoms with Crippen molar-refractivity contribution in [3.63, 3.8) is 0 Å². The minimum Gasteiger partial charge on any atom is -0.493 e. The molecule has 2 fully saturated rings. The maximum absolute atomic E-state index is 13.6. The van der Waals surface area contributed by atoms with Crippen LogP contribution in [0.25, 0.3) is 11.3 Å². The van der Waals surface area contributed by atoms with Gasteiger partial charge in [-0.2, -0.15) is 0 Å². The van der Waals surface area contributed by atoms with Crippen LogP contribution in [-0.2, 0) is 0 Å². The van der Waals surface area contributed by atoms with Gasteiger partial charge in [0.2, 0.25) is 0 Å². The molecule has 0 bridgehead atoms. The lowest BCUT2D eigenvalue weighted by Gasteiger charge is -2.20. The van der Waals surface area contributed by atoms with E-state index in [1.165, 1.54) is 12.1 Å². The van der Waals surface area contributed by atoms with Crippen LogP contribution >= 0.6 is 0 Å². The number of aromatic nitrogens is 1. The fourth-order valence-corrected chi connectivity index (χ4v) is 4.97. The highest BCUT2D eigenvalue weighted by Crippen LogP contribution is 2.46. The first-order chi connectivity index (χ1) is 18.0. The summed E-state index contributed by atoms with van der Waals surface area (Å²) in [4.78, 5) is 18.1. The van der Waals surface area contributed by atoms with Gasteiger partial charge in [-0.05, 0) is 80.1 Å². The van der Waals surface area contributed by atoms with E-state index in [0.717, 1.165) is 53.9 Å². The number of halogens is 1. The molecule has 7 heteroatoms. The van der Waals surface area contributed by atoms with E-state index < -0.39 is 0 Å². The number of nitrogens with zero attached hydrogens (tertiary/aromatic N) is 1. The average molecular weight is 503 g/mol. The van der Waals surface area contributed by atoms with E-state index in [1.54, 1.807) is 31.4 Å². The smallest absolute Gasteiger partial charge is 0.251 e. The van der Waals surface area contributed by atoms with E-state index in [1.807, 2.05) is 6.07 Å². The second kappa shape index (κ2) is 9.69. The molecule has 0 saturated heterocycles. The first-order valence-corrected chi connectivity index (χ1v) is 13.1. The number of benzene rings is 2. The number of pyridine rings is 1. The number of fused-ring (bicyclic) bond motifs is 1. The van der Waals surface area contributed by atoms with Crippen molar-refractivity contribution >= 4 is 5.91 Å². The molecule has 37 heavy (non-hydrogen) atoms. The molecule has 0 spiro atoms. The molecule has 1 aromatic heterocycles. The maximum atomic E-state index is 13.6. The highest BCUT2D eigenvalue weighted by molar-refractivity contribution is 5.95. The molecule has 2 aliphatic carbocycles. The van der Waals surface area contributed by atoms with Crippen molar-refractivity contribution in [1.82, 2.24) is 10.3 Å². The van der Waals surface area contributed by atoms with Crippen molar-refractivity contribution in [2.75, 3.05) is 20.3 Å². The Morgan fingerprint density at radius 2 is 1.89 bits per heavy atom. The third kappa shape index (κ3) is 4.99. The van der Waals surface area contributed by atoms with Gasteiger partial charge in [-0.25, -0.2) is 9.37 Å². The van der Waals surface area contributed by atoms with Crippen LogP contribution in [0.2, 0.25) is 0 Å². The zero-order chi connectivity index (χ0) is 25.5. The van der Waals surface area contributed by atoms with Crippen LogP contribution in [0.3, 0.4) is 0 Å². The Bertz CT molecular complexity index is 1320. The SMILES string of the molecule is COc1cc(C(=O)NCC(c2cc3c(c(-c4ccc(F)cc4)n2)OC[C@H]3C)C2CC2)ccc1OC1CC1. The monoisotopic (exact) mass is 502 g/mol. The molecular formula is C30H31FN2O4. The van der Waals surface area contributed by atoms with Gasteiger partial charge in [0, 0.05) is 40.8 Å². The van der Waals surface area contributed by atoms with E-state index in [0.29, 0.717) is 36.1 Å². The number of amides is 1. The van der Waals surface area contributed by atoms with Crippen molar-refractivity contribution in [3.8, 4) is 28.5 Å². The van der Waals surface area contributed by atoms with Gasteiger partial charge in [-0.3, -0.25) is 4.79 Å². The minimum atomic E-state index is -0.284. The van der Waals surface area contributed by atoms with Crippen LogP contribution < -0.4 is 19.5 Å². The van der Waals surface area contributed by atoms with Gasteiger partial charge in [0.05, 0.1) is 19.8 Å². The number of nitrogens with one attached hydrogen (secondary N) is 1. The summed E-state index contributed by atoms with van der Waals surface area (Å²) in [5.74, 6) is 2.37. The number of carbonyl (C=O) groups is 1. The average Bonchev–Trinajstić information content (AvgIpc) is 3.85. The molecule has 2 saturated carbocycles. The highest BCUT2D eigenvalue weighted by atomic mass is 19.1. The molecule has 2 aromatic carbocycles. The van der Waals surface area contributed by atoms with Crippen LogP contribution in [0.5, 0.6) is 17.2 Å². The molecule has 3 aromatic rings. The summed E-state index contributed by atoms with van der Waals surface area (Å²) in [5, 5.41) is 3.13. The predicted molar refractivity (Wildman–Crippen MR) is 138 cm³/mol. The Morgan fingerprint density at radius 1 is 1.11 bits per heavy atom. The van der Waals surface area contributed by atoms with Gasteiger partial charge in [-0.15, -0.1) is 0 Å². The number of methoxy groups -OCH3 is 1. The van der Waals surface area contributed by atoms with Gasteiger partial charge in [0.15, 0.2) is 11.5 Å². The van der Waals surface area contributed by atoms with Crippen molar-refractivity contribution in [2.45, 2.75) is 50.5 Å². The quantitative estimate of drug-likeness (QED) is 0.397. The Balaban J connectivity index is 1.25. The summed E-state index contributed by atoms with van der Waals surface area (Å²) in [6.45, 7) is 3.22. The minimum absolute atomic E-state index is 0.0839. The van der Waals surface area contributed by atoms with Gasteiger partial charge < -0.3 is 19.5 Å². The van der Waals surface area contributed by atoms with Gasteiger partial charge in [0.1, 0.15) is 17.3 Å². The Morgan fingerprint density at radius 3 is 2.59 bits per heavy atom. The summed E-state index contributed by atoms with van der Waals surface area (Å²) in [5.41, 5.74) is 4.17. The summed E-state index contributed by atoms with van der Waals surface area (Å²) < 4.78 is 31.0. The van der Waals surface area contributed by atoms with Crippen molar-refractivity contribution in [3.05, 3.63) is 71.2 Å². The van der Waals surface area contributed by atoms with Crippen LogP contribution in [-0.4, -0.2) is 37.3 Å². The molecule has 3 aliphatic rings. The second-order valence-corrected chi connectivity index (χ2v) is 10.4. The molecule has 1 aliphatic heterocycles. The molecule has 1 N–H and O–H groups in total. The van der Waals surface area contributed by atoms with Crippen molar-refractivity contribution in [1.29, 1.82) is 0 Å². The fourth-order valence-electron chi connectivity index (χ4n) is 4.97. The summed E-state index contributed by atoms with van der Waals surface area (Å²) >= 11 is 0. The summed E-state index contributed by atoms with van der Waals surface area (Å²) in [6.07, 6.45) is 4.58. The molecule has 192 valence electrons. The lowest BCUT2D eigenvalue weighted by molar-refractivity contribution is 0.0949. The lowest BCUT2D eigenvalue weighted by atomic mass is 9.93. The zero-order valence-electron chi connectivity index (χ0n) is 21.1. The van der Waals surface area contributed by atoms with E-state index >= 15 is 0 Å². The molecule has 1 unspecified atom stereocenters. The van der Waals surface area contributed by atoms with Crippen LogP contribution in [0.4, 0.5) is 4.39 Å². The van der Waals surface area contributed by atoms with Gasteiger partial charge in [0.25, 0.3) is 5.91 Å². The summed E-state index contributed by atoms with van der Waals surface area (Å²) in [6, 6.07) is 13.8. The number of hydrogen-bond acceptors (Lipinski definition) is 5. The number of carbonyl (C=O) groups excluding carboxylic acids is 1. The van der Waals surface area contributed by atoms with Gasteiger partial charge >= 0.3 is 0 Å². The second-order valence-electron chi connectivity index (χ2n) is 10.4. The zero-order valence-corrected chi connectivity index (χ0v) is 21.1. The molecule has 2 heterocycles. The third-order valence-corrected chi connectivity index (χ3v) is 7.45. The molecular weight excluding hydrogens is 471 g/mol. The van der Waals surface area contributed by atoms with Crippen molar-refractivity contribution in [2.24, 2.45) is 5.92 Å². The summed E-state index contributed by atoms with van der Waals surface area (Å²) in [7, 11) is 1.59. The number of hydrogen-bond donors (Lipinski definition) is 1. The van der Waals surface area contributed by atoms with E-state index in [-0.39, 0.29) is 29.7 Å². The number of rotatable bonds is 9. The maximum Gasteiger partial charge on any atom is 0.251 e. The first-order valence-electron chi connectivity index (χ1n) is 13.1. The fraction of sp³-hybridized carbons (Fsp3) is 0.400. The molecule has 0 radical (unpaired) electrons. The van der Waals surface area contributed by atoms with Crippen LogP contribution in [0.15, 0.2) is 48.5 Å². The van der Waals surface area contributed by atoms with E-state index in [9.17, 15) is 9.18 Å². The third-order valence-electron chi connectivity index (χ3n) is 7.45. The Hall–Kier alpha value is -3.61. The molecule has 6 rings (SSSR count). The molecule has 1 amide bonds. The van der Waals surface area contributed by atoms with Crippen molar-refractivity contribution < 1.29 is 23.4 Å². The predicted octanol–water partition coefficient (Wildman–Crippen LogP) is 5.86. The van der Waals surface area contributed by atoms with Gasteiger partial charge in [-0.1, -0.05) is 6.92 Å². The van der Waals surface area contributed by atoms with E-state index in [2.05, 4.69) is 18.3 Å². The Labute approximate surface area is 216 Å². The topological polar surface area (TPSA) is 69.7 Å². The Kier molecular flexibility index (Phi) is 6.22. The number of ether oxygens (including phenoxy) is 3. The standard InChI is InChI=1S/C30H31FN2O4/c1-17-16-36-29-23(17)14-25(33-28(29)19-5-8-21(31)9-6-19)24(18-3-4-18)15-32-30(34)20-7-12-26(27(13-20)35-2)37-22-10-11-22/h5-9,12-14,17-18,22,24H,3-4,10-11,15-16H2,1-2H3,(H,32,34)/t17-,24?/m1/s1. The van der Waals surface area contributed by atoms with Crippen LogP contribution in [0, 0.1) is 11.7 Å². The molecule has 6 nitrogen and oxygen atoms in total. The first kappa shape index (κ1) is 23.8.